The first-order valence-electron chi connectivity index (χ1n) is 14.2. The van der Waals surface area contributed by atoms with Gasteiger partial charge < -0.3 is 20.3 Å². The second kappa shape index (κ2) is 13.3. The van der Waals surface area contributed by atoms with Crippen LogP contribution >= 0.6 is 0 Å². The van der Waals surface area contributed by atoms with Crippen LogP contribution in [0.25, 0.3) is 11.1 Å². The molecule has 0 bridgehead atoms. The maximum absolute atomic E-state index is 13.4. The van der Waals surface area contributed by atoms with E-state index < -0.39 is 39.1 Å². The van der Waals surface area contributed by atoms with Crippen molar-refractivity contribution >= 4 is 16.0 Å². The number of carboxylic acid groups (broad SMARTS) is 1. The molecule has 0 fully saturated rings. The van der Waals surface area contributed by atoms with Gasteiger partial charge in [-0.1, -0.05) is 54.6 Å². The number of alkyl halides is 3. The Balaban J connectivity index is 1.43. The van der Waals surface area contributed by atoms with Crippen molar-refractivity contribution in [3.05, 3.63) is 83.4 Å². The van der Waals surface area contributed by atoms with Gasteiger partial charge in [0.05, 0.1) is 12.5 Å². The van der Waals surface area contributed by atoms with E-state index in [1.807, 2.05) is 26.0 Å². The zero-order valence-corrected chi connectivity index (χ0v) is 25.6. The largest absolute Gasteiger partial charge is 0.573 e. The normalized spacial score (nSPS) is 14.9. The number of nitrogens with zero attached hydrogens (tertiary/aromatic N) is 1. The van der Waals surface area contributed by atoms with E-state index >= 15 is 0 Å². The summed E-state index contributed by atoms with van der Waals surface area (Å²) >= 11 is 0. The van der Waals surface area contributed by atoms with Crippen molar-refractivity contribution in [2.45, 2.75) is 62.4 Å². The summed E-state index contributed by atoms with van der Waals surface area (Å²) < 4.78 is 71.7. The lowest BCUT2D eigenvalue weighted by Gasteiger charge is -2.31. The molecule has 4 rings (SSSR count). The summed E-state index contributed by atoms with van der Waals surface area (Å²) in [5.74, 6) is -1.51. The van der Waals surface area contributed by atoms with Crippen molar-refractivity contribution < 1.29 is 41.3 Å². The number of benzene rings is 3. The van der Waals surface area contributed by atoms with Crippen molar-refractivity contribution in [1.82, 2.24) is 9.62 Å². The summed E-state index contributed by atoms with van der Waals surface area (Å²) in [7, 11) is -3.32. The second-order valence-electron chi connectivity index (χ2n) is 11.9. The van der Waals surface area contributed by atoms with Crippen LogP contribution in [-0.4, -0.2) is 67.0 Å². The molecule has 238 valence electrons. The lowest BCUT2D eigenvalue weighted by Crippen LogP contribution is -2.47. The molecule has 8 nitrogen and oxygen atoms in total. The van der Waals surface area contributed by atoms with Crippen molar-refractivity contribution in [1.29, 1.82) is 0 Å². The van der Waals surface area contributed by atoms with Gasteiger partial charge in [0.15, 0.2) is 0 Å². The first-order chi connectivity index (χ1) is 20.5. The number of rotatable bonds is 13. The molecule has 0 aromatic heterocycles. The van der Waals surface area contributed by atoms with Gasteiger partial charge in [0, 0.05) is 25.7 Å². The van der Waals surface area contributed by atoms with Crippen molar-refractivity contribution in [2.24, 2.45) is 5.92 Å². The Bertz CT molecular complexity index is 1550. The molecule has 1 atom stereocenters. The number of likely N-dealkylation sites (N-methyl/N-ethyl adjacent to an activating group) is 1. The van der Waals surface area contributed by atoms with E-state index in [0.717, 1.165) is 35.7 Å². The Hall–Kier alpha value is -3.45. The first-order valence-corrected chi connectivity index (χ1v) is 15.6. The number of aliphatic hydroxyl groups is 1. The highest BCUT2D eigenvalue weighted by Gasteiger charge is 2.36. The molecule has 1 unspecified atom stereocenters. The summed E-state index contributed by atoms with van der Waals surface area (Å²) in [5, 5.41) is 23.0. The average molecular weight is 635 g/mol. The van der Waals surface area contributed by atoms with E-state index in [0.29, 0.717) is 17.0 Å². The van der Waals surface area contributed by atoms with Gasteiger partial charge in [-0.05, 0) is 79.0 Å². The molecule has 1 aliphatic rings. The molecule has 3 aromatic rings. The summed E-state index contributed by atoms with van der Waals surface area (Å²) in [6.45, 7) is 3.75. The number of carboxylic acids is 1. The standard InChI is InChI=1S/C32H37F3N2O6S/c1-31(2,18-22-14-24-6-4-5-7-25(24)15-22)36-19-27(38)20-37(3)44(41,42)29-13-12-26(17-28(29)43-32(33,34)35)23-10-8-21(9-11-23)16-30(39)40/h4-13,17,22,27,36,38H,14-16,18-20H2,1-3H3,(H,39,40). The van der Waals surface area contributed by atoms with E-state index in [1.54, 1.807) is 0 Å². The van der Waals surface area contributed by atoms with E-state index in [2.05, 4.69) is 22.2 Å². The molecular formula is C32H37F3N2O6S. The van der Waals surface area contributed by atoms with Crippen LogP contribution in [-0.2, 0) is 34.1 Å². The highest BCUT2D eigenvalue weighted by molar-refractivity contribution is 7.89. The topological polar surface area (TPSA) is 116 Å². The quantitative estimate of drug-likeness (QED) is 0.242. The van der Waals surface area contributed by atoms with Gasteiger partial charge in [-0.15, -0.1) is 13.2 Å². The Labute approximate surface area is 255 Å². The minimum atomic E-state index is -5.16. The summed E-state index contributed by atoms with van der Waals surface area (Å²) in [6, 6.07) is 17.8. The monoisotopic (exact) mass is 634 g/mol. The average Bonchev–Trinajstić information content (AvgIpc) is 3.32. The SMILES string of the molecule is CN(CC(O)CNC(C)(C)CC1Cc2ccccc2C1)S(=O)(=O)c1ccc(-c2ccc(CC(=O)O)cc2)cc1OC(F)(F)F. The number of aliphatic carboxylic acids is 1. The van der Waals surface area contributed by atoms with Crippen LogP contribution in [0, 0.1) is 5.92 Å². The van der Waals surface area contributed by atoms with Crippen LogP contribution in [0.1, 0.15) is 37.0 Å². The van der Waals surface area contributed by atoms with Crippen molar-refractivity contribution in [2.75, 3.05) is 20.1 Å². The zero-order valence-electron chi connectivity index (χ0n) is 24.8. The van der Waals surface area contributed by atoms with Gasteiger partial charge >= 0.3 is 12.3 Å². The minimum Gasteiger partial charge on any atom is -0.481 e. The van der Waals surface area contributed by atoms with Crippen molar-refractivity contribution in [3.8, 4) is 16.9 Å². The molecule has 0 heterocycles. The Morgan fingerprint density at radius 3 is 2.18 bits per heavy atom. The predicted molar refractivity (Wildman–Crippen MR) is 160 cm³/mol. The molecule has 44 heavy (non-hydrogen) atoms. The van der Waals surface area contributed by atoms with E-state index in [-0.39, 0.29) is 30.6 Å². The lowest BCUT2D eigenvalue weighted by molar-refractivity contribution is -0.275. The number of sulfonamides is 1. The van der Waals surface area contributed by atoms with E-state index in [4.69, 9.17) is 5.11 Å². The van der Waals surface area contributed by atoms with Gasteiger partial charge in [-0.2, -0.15) is 4.31 Å². The number of β-amino-alcohol motifs (C(OH)–C–C–N with tert-alkyl or cyclic N) is 1. The number of ether oxygens (including phenoxy) is 1. The Morgan fingerprint density at radius 2 is 1.61 bits per heavy atom. The third-order valence-corrected chi connectivity index (χ3v) is 9.58. The molecule has 0 amide bonds. The number of nitrogens with one attached hydrogen (secondary N) is 1. The molecule has 0 spiro atoms. The zero-order chi connectivity index (χ0) is 32.3. The van der Waals surface area contributed by atoms with Crippen LogP contribution in [0.3, 0.4) is 0 Å². The smallest absolute Gasteiger partial charge is 0.481 e. The molecule has 3 aromatic carbocycles. The van der Waals surface area contributed by atoms with Gasteiger partial charge in [0.25, 0.3) is 0 Å². The van der Waals surface area contributed by atoms with Gasteiger partial charge in [0.2, 0.25) is 10.0 Å². The maximum atomic E-state index is 13.4. The fourth-order valence-corrected chi connectivity index (χ4v) is 7.00. The number of halogens is 3. The second-order valence-corrected chi connectivity index (χ2v) is 13.9. The van der Waals surface area contributed by atoms with E-state index in [9.17, 15) is 31.5 Å². The van der Waals surface area contributed by atoms with Crippen LogP contribution in [0.2, 0.25) is 0 Å². The molecule has 0 aliphatic heterocycles. The van der Waals surface area contributed by atoms with Gasteiger partial charge in [-0.25, -0.2) is 8.42 Å². The fraction of sp³-hybridized carbons (Fsp3) is 0.406. The maximum Gasteiger partial charge on any atom is 0.573 e. The molecule has 0 radical (unpaired) electrons. The molecule has 0 saturated heterocycles. The van der Waals surface area contributed by atoms with Crippen LogP contribution in [0.4, 0.5) is 13.2 Å². The van der Waals surface area contributed by atoms with E-state index in [1.165, 1.54) is 48.5 Å². The lowest BCUT2D eigenvalue weighted by atomic mass is 9.88. The molecule has 3 N–H and O–H groups in total. The number of hydrogen-bond donors (Lipinski definition) is 3. The third kappa shape index (κ3) is 8.81. The van der Waals surface area contributed by atoms with Crippen LogP contribution in [0.5, 0.6) is 5.75 Å². The number of fused-ring (bicyclic) bond motifs is 1. The van der Waals surface area contributed by atoms with Crippen LogP contribution < -0.4 is 10.1 Å². The minimum absolute atomic E-state index is 0.0786. The predicted octanol–water partition coefficient (Wildman–Crippen LogP) is 5.03. The highest BCUT2D eigenvalue weighted by Crippen LogP contribution is 2.36. The van der Waals surface area contributed by atoms with Gasteiger partial charge in [0.1, 0.15) is 10.6 Å². The first kappa shape index (κ1) is 33.4. The molecule has 12 heteroatoms. The molecular weight excluding hydrogens is 597 g/mol. The highest BCUT2D eigenvalue weighted by atomic mass is 32.2. The Kier molecular flexibility index (Phi) is 10.1. The molecule has 1 aliphatic carbocycles. The third-order valence-electron chi connectivity index (χ3n) is 7.72. The van der Waals surface area contributed by atoms with Gasteiger partial charge in [-0.3, -0.25) is 4.79 Å². The fourth-order valence-electron chi connectivity index (χ4n) is 5.70. The summed E-state index contributed by atoms with van der Waals surface area (Å²) in [4.78, 5) is 10.2. The number of aliphatic hydroxyl groups excluding tert-OH is 1. The molecule has 0 saturated carbocycles. The Morgan fingerprint density at radius 1 is 1.02 bits per heavy atom. The van der Waals surface area contributed by atoms with Crippen molar-refractivity contribution in [3.63, 3.8) is 0 Å². The number of hydrogen-bond acceptors (Lipinski definition) is 6. The summed E-state index contributed by atoms with van der Waals surface area (Å²) in [6.07, 6.45) is -3.73. The summed E-state index contributed by atoms with van der Waals surface area (Å²) in [5.41, 5.74) is 3.51. The number of carbonyl (C=O) groups is 1. The van der Waals surface area contributed by atoms with Crippen LogP contribution in [0.15, 0.2) is 71.6 Å².